The van der Waals surface area contributed by atoms with Crippen LogP contribution in [0.2, 0.25) is 0 Å². The number of anilines is 2. The lowest BCUT2D eigenvalue weighted by atomic mass is 10.1. The molecule has 25 heavy (non-hydrogen) atoms. The Kier molecular flexibility index (Phi) is 6.20. The van der Waals surface area contributed by atoms with Gasteiger partial charge >= 0.3 is 0 Å². The third kappa shape index (κ3) is 4.82. The molecule has 0 aliphatic heterocycles. The number of sulfonamides is 1. The highest BCUT2D eigenvalue weighted by molar-refractivity contribution is 7.92. The van der Waals surface area contributed by atoms with Crippen LogP contribution in [0.3, 0.4) is 0 Å². The van der Waals surface area contributed by atoms with E-state index in [4.69, 9.17) is 0 Å². The standard InChI is InChI=1S/C19H24N2O3S/c1-4-15-11-13-16(14-12-15)20-19(22)18(5-2)21(25(3,23)24)17-9-7-6-8-10-17/h6-14,18H,4-5H2,1-3H3,(H,20,22)/t18-/m1/s1. The monoisotopic (exact) mass is 360 g/mol. The lowest BCUT2D eigenvalue weighted by Gasteiger charge is -2.30. The highest BCUT2D eigenvalue weighted by atomic mass is 32.2. The summed E-state index contributed by atoms with van der Waals surface area (Å²) in [6.07, 6.45) is 2.40. The Bertz CT molecular complexity index is 802. The first kappa shape index (κ1) is 19.0. The van der Waals surface area contributed by atoms with E-state index in [0.717, 1.165) is 12.7 Å². The van der Waals surface area contributed by atoms with Crippen LogP contribution in [0.25, 0.3) is 0 Å². The molecule has 0 bridgehead atoms. The first-order valence-electron chi connectivity index (χ1n) is 8.31. The van der Waals surface area contributed by atoms with E-state index in [-0.39, 0.29) is 5.91 Å². The fourth-order valence-corrected chi connectivity index (χ4v) is 3.90. The van der Waals surface area contributed by atoms with Crippen LogP contribution in [0.1, 0.15) is 25.8 Å². The summed E-state index contributed by atoms with van der Waals surface area (Å²) in [4.78, 5) is 12.7. The number of carbonyl (C=O) groups is 1. The minimum Gasteiger partial charge on any atom is -0.324 e. The van der Waals surface area contributed by atoms with Crippen molar-refractivity contribution in [2.45, 2.75) is 32.7 Å². The largest absolute Gasteiger partial charge is 0.324 e. The van der Waals surface area contributed by atoms with Crippen molar-refractivity contribution in [3.63, 3.8) is 0 Å². The van der Waals surface area contributed by atoms with Gasteiger partial charge in [-0.1, -0.05) is 44.2 Å². The molecule has 0 aliphatic carbocycles. The number of benzene rings is 2. The Labute approximate surface area is 149 Å². The summed E-state index contributed by atoms with van der Waals surface area (Å²) < 4.78 is 25.8. The molecule has 5 nitrogen and oxygen atoms in total. The van der Waals surface area contributed by atoms with Gasteiger partial charge in [0.05, 0.1) is 11.9 Å². The van der Waals surface area contributed by atoms with Crippen LogP contribution in [0.15, 0.2) is 54.6 Å². The zero-order chi connectivity index (χ0) is 18.4. The molecule has 2 rings (SSSR count). The maximum atomic E-state index is 12.7. The van der Waals surface area contributed by atoms with E-state index in [0.29, 0.717) is 17.8 Å². The van der Waals surface area contributed by atoms with Crippen molar-refractivity contribution in [2.24, 2.45) is 0 Å². The number of hydrogen-bond acceptors (Lipinski definition) is 3. The molecule has 1 amide bonds. The van der Waals surface area contributed by atoms with Gasteiger partial charge in [0, 0.05) is 5.69 Å². The molecule has 0 fully saturated rings. The second-order valence-electron chi connectivity index (χ2n) is 5.86. The van der Waals surface area contributed by atoms with Crippen LogP contribution < -0.4 is 9.62 Å². The van der Waals surface area contributed by atoms with Gasteiger partial charge in [-0.3, -0.25) is 9.10 Å². The number of nitrogens with one attached hydrogen (secondary N) is 1. The summed E-state index contributed by atoms with van der Waals surface area (Å²) >= 11 is 0. The minimum atomic E-state index is -3.60. The van der Waals surface area contributed by atoms with Gasteiger partial charge in [0.25, 0.3) is 0 Å². The predicted molar refractivity (Wildman–Crippen MR) is 102 cm³/mol. The molecular weight excluding hydrogens is 336 g/mol. The Balaban J connectivity index is 2.29. The fourth-order valence-electron chi connectivity index (χ4n) is 2.68. The maximum Gasteiger partial charge on any atom is 0.248 e. The fraction of sp³-hybridized carbons (Fsp3) is 0.316. The van der Waals surface area contributed by atoms with Crippen molar-refractivity contribution in [1.29, 1.82) is 0 Å². The molecule has 2 aromatic carbocycles. The number of para-hydroxylation sites is 1. The molecule has 0 aromatic heterocycles. The summed E-state index contributed by atoms with van der Waals surface area (Å²) in [5, 5.41) is 2.82. The molecule has 6 heteroatoms. The van der Waals surface area contributed by atoms with E-state index in [2.05, 4.69) is 12.2 Å². The van der Waals surface area contributed by atoms with Crippen molar-refractivity contribution < 1.29 is 13.2 Å². The first-order chi connectivity index (χ1) is 11.9. The molecule has 1 N–H and O–H groups in total. The van der Waals surface area contributed by atoms with E-state index >= 15 is 0 Å². The van der Waals surface area contributed by atoms with E-state index in [1.165, 1.54) is 9.87 Å². The van der Waals surface area contributed by atoms with Gasteiger partial charge in [0.2, 0.25) is 15.9 Å². The zero-order valence-corrected chi connectivity index (χ0v) is 15.6. The second kappa shape index (κ2) is 8.16. The third-order valence-corrected chi connectivity index (χ3v) is 5.15. The molecule has 0 radical (unpaired) electrons. The molecule has 0 saturated carbocycles. The summed E-state index contributed by atoms with van der Waals surface area (Å²) in [5.74, 6) is -0.346. The quantitative estimate of drug-likeness (QED) is 0.822. The molecule has 0 spiro atoms. The summed E-state index contributed by atoms with van der Waals surface area (Å²) in [6.45, 7) is 3.86. The molecular formula is C19H24N2O3S. The van der Waals surface area contributed by atoms with Gasteiger partial charge in [0.1, 0.15) is 6.04 Å². The van der Waals surface area contributed by atoms with E-state index in [1.54, 1.807) is 37.3 Å². The molecule has 0 heterocycles. The Morgan fingerprint density at radius 1 is 1.04 bits per heavy atom. The Morgan fingerprint density at radius 2 is 1.64 bits per heavy atom. The number of aryl methyl sites for hydroxylation is 1. The lowest BCUT2D eigenvalue weighted by Crippen LogP contribution is -2.46. The molecule has 0 unspecified atom stereocenters. The summed E-state index contributed by atoms with van der Waals surface area (Å²) in [5.41, 5.74) is 2.31. The predicted octanol–water partition coefficient (Wildman–Crippen LogP) is 3.43. The number of amides is 1. The first-order valence-corrected chi connectivity index (χ1v) is 10.2. The number of hydrogen-bond donors (Lipinski definition) is 1. The van der Waals surface area contributed by atoms with Crippen LogP contribution in [-0.4, -0.2) is 26.6 Å². The average molecular weight is 360 g/mol. The molecule has 0 aliphatic rings. The second-order valence-corrected chi connectivity index (χ2v) is 7.72. The number of rotatable bonds is 7. The highest BCUT2D eigenvalue weighted by Gasteiger charge is 2.31. The van der Waals surface area contributed by atoms with Crippen LogP contribution in [0, 0.1) is 0 Å². The number of nitrogens with zero attached hydrogens (tertiary/aromatic N) is 1. The van der Waals surface area contributed by atoms with Crippen molar-refractivity contribution in [2.75, 3.05) is 15.9 Å². The maximum absolute atomic E-state index is 12.7. The Morgan fingerprint density at radius 3 is 2.12 bits per heavy atom. The summed E-state index contributed by atoms with van der Waals surface area (Å²) in [7, 11) is -3.60. The van der Waals surface area contributed by atoms with Crippen molar-refractivity contribution in [3.05, 3.63) is 60.2 Å². The van der Waals surface area contributed by atoms with Gasteiger partial charge in [-0.05, 0) is 42.7 Å². The van der Waals surface area contributed by atoms with Gasteiger partial charge in [-0.2, -0.15) is 0 Å². The van der Waals surface area contributed by atoms with Gasteiger partial charge in [-0.25, -0.2) is 8.42 Å². The van der Waals surface area contributed by atoms with Crippen molar-refractivity contribution in [3.8, 4) is 0 Å². The van der Waals surface area contributed by atoms with Crippen molar-refractivity contribution in [1.82, 2.24) is 0 Å². The van der Waals surface area contributed by atoms with Crippen molar-refractivity contribution >= 4 is 27.3 Å². The van der Waals surface area contributed by atoms with Crippen LogP contribution in [-0.2, 0) is 21.2 Å². The average Bonchev–Trinajstić information content (AvgIpc) is 2.59. The van der Waals surface area contributed by atoms with Crippen LogP contribution in [0.4, 0.5) is 11.4 Å². The third-order valence-electron chi connectivity index (χ3n) is 3.97. The van der Waals surface area contributed by atoms with E-state index < -0.39 is 16.1 Å². The van der Waals surface area contributed by atoms with Gasteiger partial charge < -0.3 is 5.32 Å². The Hall–Kier alpha value is -2.34. The lowest BCUT2D eigenvalue weighted by molar-refractivity contribution is -0.117. The topological polar surface area (TPSA) is 66.5 Å². The molecule has 2 aromatic rings. The highest BCUT2D eigenvalue weighted by Crippen LogP contribution is 2.23. The van der Waals surface area contributed by atoms with Crippen LogP contribution in [0.5, 0.6) is 0 Å². The molecule has 134 valence electrons. The SMILES string of the molecule is CCc1ccc(NC(=O)[C@@H](CC)N(c2ccccc2)S(C)(=O)=O)cc1. The molecule has 0 saturated heterocycles. The van der Waals surface area contributed by atoms with Gasteiger partial charge in [0.15, 0.2) is 0 Å². The minimum absolute atomic E-state index is 0.346. The summed E-state index contributed by atoms with van der Waals surface area (Å²) in [6, 6.07) is 15.4. The normalized spacial score (nSPS) is 12.4. The smallest absolute Gasteiger partial charge is 0.248 e. The molecule has 1 atom stereocenters. The van der Waals surface area contributed by atoms with Gasteiger partial charge in [-0.15, -0.1) is 0 Å². The van der Waals surface area contributed by atoms with Crippen LogP contribution >= 0.6 is 0 Å². The van der Waals surface area contributed by atoms with E-state index in [1.807, 2.05) is 24.3 Å². The number of carbonyl (C=O) groups excluding carboxylic acids is 1. The zero-order valence-electron chi connectivity index (χ0n) is 14.8. The van der Waals surface area contributed by atoms with E-state index in [9.17, 15) is 13.2 Å².